The van der Waals surface area contributed by atoms with E-state index in [1.54, 1.807) is 19.1 Å². The van der Waals surface area contributed by atoms with Crippen molar-refractivity contribution in [2.45, 2.75) is 6.92 Å². The van der Waals surface area contributed by atoms with Crippen molar-refractivity contribution in [1.82, 2.24) is 0 Å². The fourth-order valence-electron chi connectivity index (χ4n) is 1.73. The summed E-state index contributed by atoms with van der Waals surface area (Å²) in [6, 6.07) is 11.6. The van der Waals surface area contributed by atoms with Crippen LogP contribution in [-0.4, -0.2) is 12.6 Å². The SMILES string of the molecule is C=Cc1ccc2ccc(C(=O)OCC)cc2c1. The van der Waals surface area contributed by atoms with Gasteiger partial charge in [-0.05, 0) is 41.5 Å². The first-order valence-corrected chi connectivity index (χ1v) is 5.58. The first kappa shape index (κ1) is 11.4. The Morgan fingerprint density at radius 2 is 2.00 bits per heavy atom. The van der Waals surface area contributed by atoms with Crippen LogP contribution in [0.1, 0.15) is 22.8 Å². The Bertz CT molecular complexity index is 570. The van der Waals surface area contributed by atoms with Crippen molar-refractivity contribution in [3.8, 4) is 0 Å². The first-order valence-electron chi connectivity index (χ1n) is 5.58. The van der Waals surface area contributed by atoms with Gasteiger partial charge in [0.05, 0.1) is 12.2 Å². The van der Waals surface area contributed by atoms with Crippen molar-refractivity contribution >= 4 is 22.8 Å². The van der Waals surface area contributed by atoms with Gasteiger partial charge in [-0.3, -0.25) is 0 Å². The third-order valence-corrected chi connectivity index (χ3v) is 2.61. The molecule has 0 atom stereocenters. The molecule has 0 radical (unpaired) electrons. The van der Waals surface area contributed by atoms with Gasteiger partial charge in [0.1, 0.15) is 0 Å². The lowest BCUT2D eigenvalue weighted by Gasteiger charge is -2.04. The summed E-state index contributed by atoms with van der Waals surface area (Å²) in [4.78, 5) is 11.6. The largest absolute Gasteiger partial charge is 0.462 e. The summed E-state index contributed by atoms with van der Waals surface area (Å²) in [5.41, 5.74) is 1.62. The normalized spacial score (nSPS) is 10.2. The second-order valence-electron chi connectivity index (χ2n) is 3.75. The second-order valence-corrected chi connectivity index (χ2v) is 3.75. The fraction of sp³-hybridized carbons (Fsp3) is 0.133. The summed E-state index contributed by atoms with van der Waals surface area (Å²) >= 11 is 0. The number of carbonyl (C=O) groups excluding carboxylic acids is 1. The molecular formula is C15H14O2. The molecule has 0 N–H and O–H groups in total. The molecule has 0 heterocycles. The molecular weight excluding hydrogens is 212 g/mol. The Morgan fingerprint density at radius 3 is 2.71 bits per heavy atom. The molecule has 0 fully saturated rings. The summed E-state index contributed by atoms with van der Waals surface area (Å²) < 4.78 is 4.97. The van der Waals surface area contributed by atoms with Crippen LogP contribution in [0.5, 0.6) is 0 Å². The van der Waals surface area contributed by atoms with Gasteiger partial charge >= 0.3 is 5.97 Å². The van der Waals surface area contributed by atoms with Crippen molar-refractivity contribution < 1.29 is 9.53 Å². The highest BCUT2D eigenvalue weighted by Gasteiger charge is 2.06. The minimum atomic E-state index is -0.279. The van der Waals surface area contributed by atoms with Gasteiger partial charge in [-0.25, -0.2) is 4.79 Å². The lowest BCUT2D eigenvalue weighted by molar-refractivity contribution is 0.0526. The zero-order valence-corrected chi connectivity index (χ0v) is 9.77. The fourth-order valence-corrected chi connectivity index (χ4v) is 1.73. The molecule has 17 heavy (non-hydrogen) atoms. The third-order valence-electron chi connectivity index (χ3n) is 2.61. The van der Waals surface area contributed by atoms with Gasteiger partial charge in [-0.1, -0.05) is 30.9 Å². The van der Waals surface area contributed by atoms with Gasteiger partial charge in [0, 0.05) is 0 Å². The first-order chi connectivity index (χ1) is 8.24. The average Bonchev–Trinajstić information content (AvgIpc) is 2.37. The number of esters is 1. The van der Waals surface area contributed by atoms with Crippen LogP contribution in [0.25, 0.3) is 16.8 Å². The number of carbonyl (C=O) groups is 1. The standard InChI is InChI=1S/C15H14O2/c1-3-11-5-6-12-7-8-13(10-14(12)9-11)15(16)17-4-2/h3,5-10H,1,4H2,2H3. The maximum atomic E-state index is 11.6. The zero-order chi connectivity index (χ0) is 12.3. The van der Waals surface area contributed by atoms with E-state index in [2.05, 4.69) is 6.58 Å². The summed E-state index contributed by atoms with van der Waals surface area (Å²) in [6.07, 6.45) is 1.79. The Kier molecular flexibility index (Phi) is 3.24. The Hall–Kier alpha value is -2.09. The maximum Gasteiger partial charge on any atom is 0.338 e. The van der Waals surface area contributed by atoms with Crippen molar-refractivity contribution in [1.29, 1.82) is 0 Å². The van der Waals surface area contributed by atoms with Crippen LogP contribution >= 0.6 is 0 Å². The maximum absolute atomic E-state index is 11.6. The van der Waals surface area contributed by atoms with Gasteiger partial charge in [0.2, 0.25) is 0 Å². The molecule has 2 nitrogen and oxygen atoms in total. The van der Waals surface area contributed by atoms with E-state index in [-0.39, 0.29) is 5.97 Å². The molecule has 0 spiro atoms. The summed E-state index contributed by atoms with van der Waals surface area (Å²) in [6.45, 7) is 5.93. The van der Waals surface area contributed by atoms with Crippen LogP contribution in [0.15, 0.2) is 43.0 Å². The van der Waals surface area contributed by atoms with E-state index >= 15 is 0 Å². The molecule has 0 aliphatic carbocycles. The minimum absolute atomic E-state index is 0.279. The number of benzene rings is 2. The number of hydrogen-bond acceptors (Lipinski definition) is 2. The molecule has 0 aliphatic rings. The Labute approximate surface area is 101 Å². The van der Waals surface area contributed by atoms with Gasteiger partial charge in [-0.15, -0.1) is 0 Å². The van der Waals surface area contributed by atoms with E-state index in [1.165, 1.54) is 0 Å². The van der Waals surface area contributed by atoms with Crippen molar-refractivity contribution in [3.05, 3.63) is 54.1 Å². The summed E-state index contributed by atoms with van der Waals surface area (Å²) in [5.74, 6) is -0.279. The van der Waals surface area contributed by atoms with Crippen molar-refractivity contribution in [3.63, 3.8) is 0 Å². The van der Waals surface area contributed by atoms with E-state index in [0.29, 0.717) is 12.2 Å². The van der Waals surface area contributed by atoms with E-state index in [4.69, 9.17) is 4.74 Å². The van der Waals surface area contributed by atoms with Gasteiger partial charge < -0.3 is 4.74 Å². The quantitative estimate of drug-likeness (QED) is 0.746. The summed E-state index contributed by atoms with van der Waals surface area (Å²) in [7, 11) is 0. The molecule has 2 aromatic rings. The molecule has 2 rings (SSSR count). The minimum Gasteiger partial charge on any atom is -0.462 e. The Balaban J connectivity index is 2.47. The third kappa shape index (κ3) is 2.36. The van der Waals surface area contributed by atoms with E-state index in [1.807, 2.05) is 30.3 Å². The number of rotatable bonds is 3. The van der Waals surface area contributed by atoms with Gasteiger partial charge in [0.15, 0.2) is 0 Å². The van der Waals surface area contributed by atoms with Crippen LogP contribution in [0.3, 0.4) is 0 Å². The van der Waals surface area contributed by atoms with E-state index < -0.39 is 0 Å². The Morgan fingerprint density at radius 1 is 1.24 bits per heavy atom. The number of ether oxygens (including phenoxy) is 1. The van der Waals surface area contributed by atoms with E-state index in [9.17, 15) is 4.79 Å². The molecule has 2 heteroatoms. The molecule has 86 valence electrons. The molecule has 0 amide bonds. The number of fused-ring (bicyclic) bond motifs is 1. The lowest BCUT2D eigenvalue weighted by Crippen LogP contribution is -2.04. The summed E-state index contributed by atoms with van der Waals surface area (Å²) in [5, 5.41) is 2.12. The molecule has 0 aliphatic heterocycles. The lowest BCUT2D eigenvalue weighted by atomic mass is 10.0. The monoisotopic (exact) mass is 226 g/mol. The molecule has 0 aromatic heterocycles. The van der Waals surface area contributed by atoms with Crippen molar-refractivity contribution in [2.75, 3.05) is 6.61 Å². The van der Waals surface area contributed by atoms with Crippen LogP contribution in [0.2, 0.25) is 0 Å². The van der Waals surface area contributed by atoms with Gasteiger partial charge in [0.25, 0.3) is 0 Å². The molecule has 0 saturated heterocycles. The highest BCUT2D eigenvalue weighted by Crippen LogP contribution is 2.19. The smallest absolute Gasteiger partial charge is 0.338 e. The van der Waals surface area contributed by atoms with E-state index in [0.717, 1.165) is 16.3 Å². The van der Waals surface area contributed by atoms with Gasteiger partial charge in [-0.2, -0.15) is 0 Å². The average molecular weight is 226 g/mol. The van der Waals surface area contributed by atoms with Crippen molar-refractivity contribution in [2.24, 2.45) is 0 Å². The molecule has 0 bridgehead atoms. The van der Waals surface area contributed by atoms with Crippen LogP contribution in [-0.2, 0) is 4.74 Å². The predicted octanol–water partition coefficient (Wildman–Crippen LogP) is 3.66. The van der Waals surface area contributed by atoms with Crippen LogP contribution in [0, 0.1) is 0 Å². The molecule has 0 unspecified atom stereocenters. The molecule has 2 aromatic carbocycles. The number of hydrogen-bond donors (Lipinski definition) is 0. The zero-order valence-electron chi connectivity index (χ0n) is 9.77. The van der Waals surface area contributed by atoms with Crippen LogP contribution in [0.4, 0.5) is 0 Å². The highest BCUT2D eigenvalue weighted by atomic mass is 16.5. The highest BCUT2D eigenvalue weighted by molar-refractivity contribution is 5.95. The topological polar surface area (TPSA) is 26.3 Å². The van der Waals surface area contributed by atoms with Crippen LogP contribution < -0.4 is 0 Å². The predicted molar refractivity (Wildman–Crippen MR) is 70.0 cm³/mol. The second kappa shape index (κ2) is 4.83. The molecule has 0 saturated carbocycles.